The highest BCUT2D eigenvalue weighted by Crippen LogP contribution is 2.38. The lowest BCUT2D eigenvalue weighted by Gasteiger charge is -2.44. The average Bonchev–Trinajstić information content (AvgIpc) is 2.69. The summed E-state index contributed by atoms with van der Waals surface area (Å²) in [6.07, 6.45) is 4.33. The third kappa shape index (κ3) is 5.41. The molecular formula is C24H34O4SSi. The van der Waals surface area contributed by atoms with Gasteiger partial charge in [-0.15, -0.1) is 0 Å². The van der Waals surface area contributed by atoms with E-state index < -0.39 is 18.4 Å². The van der Waals surface area contributed by atoms with Crippen molar-refractivity contribution in [3.63, 3.8) is 0 Å². The van der Waals surface area contributed by atoms with Crippen LogP contribution in [0.25, 0.3) is 0 Å². The Bertz CT molecular complexity index is 860. The smallest absolute Gasteiger partial charge is 0.264 e. The first-order valence-electron chi connectivity index (χ1n) is 10.7. The first-order chi connectivity index (χ1) is 14.1. The molecule has 0 unspecified atom stereocenters. The van der Waals surface area contributed by atoms with Crippen LogP contribution < -0.4 is 10.4 Å². The van der Waals surface area contributed by atoms with Gasteiger partial charge in [-0.2, -0.15) is 8.42 Å². The van der Waals surface area contributed by atoms with Crippen LogP contribution in [0, 0.1) is 5.92 Å². The Morgan fingerprint density at radius 3 is 1.73 bits per heavy atom. The Morgan fingerprint density at radius 1 is 0.867 bits per heavy atom. The molecule has 0 N–H and O–H groups in total. The summed E-state index contributed by atoms with van der Waals surface area (Å²) in [5, 5.41) is 2.54. The molecule has 0 aliphatic heterocycles. The molecule has 0 atom stereocenters. The van der Waals surface area contributed by atoms with E-state index in [0.717, 1.165) is 31.9 Å². The van der Waals surface area contributed by atoms with Crippen LogP contribution in [0.1, 0.15) is 46.5 Å². The van der Waals surface area contributed by atoms with Crippen LogP contribution in [0.5, 0.6) is 0 Å². The fourth-order valence-electron chi connectivity index (χ4n) is 4.65. The minimum Gasteiger partial charge on any atom is -0.407 e. The van der Waals surface area contributed by atoms with Crippen LogP contribution in [0.15, 0.2) is 60.7 Å². The van der Waals surface area contributed by atoms with Gasteiger partial charge in [-0.05, 0) is 47.0 Å². The molecule has 2 aromatic carbocycles. The Morgan fingerprint density at radius 2 is 1.33 bits per heavy atom. The van der Waals surface area contributed by atoms with Crippen LogP contribution in [0.3, 0.4) is 0 Å². The maximum atomic E-state index is 11.4. The molecule has 0 heterocycles. The quantitative estimate of drug-likeness (QED) is 0.475. The van der Waals surface area contributed by atoms with Crippen molar-refractivity contribution < 1.29 is 17.0 Å². The lowest BCUT2D eigenvalue weighted by molar-refractivity contribution is 0.113. The van der Waals surface area contributed by atoms with E-state index in [-0.39, 0.29) is 11.1 Å². The monoisotopic (exact) mass is 446 g/mol. The summed E-state index contributed by atoms with van der Waals surface area (Å²) in [6, 6.07) is 21.3. The third-order valence-corrected chi connectivity index (χ3v) is 11.7. The zero-order valence-electron chi connectivity index (χ0n) is 18.5. The van der Waals surface area contributed by atoms with Crippen molar-refractivity contribution in [3.05, 3.63) is 60.7 Å². The predicted molar refractivity (Wildman–Crippen MR) is 125 cm³/mol. The molecule has 4 nitrogen and oxygen atoms in total. The minimum atomic E-state index is -3.39. The molecule has 1 aliphatic carbocycles. The van der Waals surface area contributed by atoms with Gasteiger partial charge in [-0.25, -0.2) is 0 Å². The molecule has 0 saturated heterocycles. The average molecular weight is 447 g/mol. The summed E-state index contributed by atoms with van der Waals surface area (Å²) < 4.78 is 35.1. The molecule has 164 valence electrons. The Labute approximate surface area is 182 Å². The van der Waals surface area contributed by atoms with E-state index in [4.69, 9.17) is 8.61 Å². The van der Waals surface area contributed by atoms with Crippen LogP contribution in [0.4, 0.5) is 0 Å². The molecule has 0 spiro atoms. The highest BCUT2D eigenvalue weighted by molar-refractivity contribution is 7.86. The van der Waals surface area contributed by atoms with Crippen LogP contribution in [-0.2, 0) is 18.7 Å². The van der Waals surface area contributed by atoms with Crippen molar-refractivity contribution in [1.82, 2.24) is 0 Å². The fraction of sp³-hybridized carbons (Fsp3) is 0.500. The maximum Gasteiger partial charge on any atom is 0.264 e. The highest BCUT2D eigenvalue weighted by atomic mass is 32.2. The Balaban J connectivity index is 1.83. The van der Waals surface area contributed by atoms with E-state index in [2.05, 4.69) is 81.4 Å². The standard InChI is InChI=1S/C24H34O4SSi/c1-24(2,3)30(22-11-7-5-8-12-22,23-13-9-6-10-14-23)27-19-20-15-17-21(18-16-20)28-29(4,25)26/h5-14,20-21H,15-19H2,1-4H3. The predicted octanol–water partition coefficient (Wildman–Crippen LogP) is 4.10. The Hall–Kier alpha value is -1.47. The summed E-state index contributed by atoms with van der Waals surface area (Å²) >= 11 is 0. The minimum absolute atomic E-state index is 0.0354. The molecule has 0 bridgehead atoms. The van der Waals surface area contributed by atoms with Crippen molar-refractivity contribution in [3.8, 4) is 0 Å². The summed E-state index contributed by atoms with van der Waals surface area (Å²) in [6.45, 7) is 7.56. The van der Waals surface area contributed by atoms with Gasteiger partial charge >= 0.3 is 0 Å². The van der Waals surface area contributed by atoms with Gasteiger partial charge < -0.3 is 4.43 Å². The SMILES string of the molecule is CC(C)(C)[Si](OCC1CCC(OS(C)(=O)=O)CC1)(c1ccccc1)c1ccccc1. The maximum absolute atomic E-state index is 11.4. The van der Waals surface area contributed by atoms with Gasteiger partial charge in [0.2, 0.25) is 0 Å². The number of rotatable bonds is 7. The lowest BCUT2D eigenvalue weighted by Crippen LogP contribution is -2.67. The van der Waals surface area contributed by atoms with Gasteiger partial charge in [0.15, 0.2) is 0 Å². The Kier molecular flexibility index (Phi) is 7.23. The van der Waals surface area contributed by atoms with Crippen LogP contribution in [-0.4, -0.2) is 35.7 Å². The third-order valence-electron chi connectivity index (χ3n) is 6.06. The van der Waals surface area contributed by atoms with Gasteiger partial charge in [-0.3, -0.25) is 4.18 Å². The second-order valence-corrected chi connectivity index (χ2v) is 15.3. The zero-order chi connectivity index (χ0) is 21.8. The van der Waals surface area contributed by atoms with Crippen molar-refractivity contribution in [2.75, 3.05) is 12.9 Å². The lowest BCUT2D eigenvalue weighted by atomic mass is 9.88. The molecule has 3 rings (SSSR count). The van der Waals surface area contributed by atoms with E-state index in [1.807, 2.05) is 0 Å². The van der Waals surface area contributed by atoms with Gasteiger partial charge in [0.1, 0.15) is 0 Å². The molecule has 1 fully saturated rings. The summed E-state index contributed by atoms with van der Waals surface area (Å²) in [5.41, 5.74) is 0. The van der Waals surface area contributed by atoms with Crippen molar-refractivity contribution >= 4 is 28.8 Å². The van der Waals surface area contributed by atoms with Crippen molar-refractivity contribution in [2.24, 2.45) is 5.92 Å². The molecule has 0 radical (unpaired) electrons. The highest BCUT2D eigenvalue weighted by Gasteiger charge is 2.50. The second-order valence-electron chi connectivity index (χ2n) is 9.42. The number of hydrogen-bond acceptors (Lipinski definition) is 4. The van der Waals surface area contributed by atoms with Gasteiger partial charge in [0.25, 0.3) is 18.4 Å². The van der Waals surface area contributed by atoms with E-state index in [1.54, 1.807) is 0 Å². The van der Waals surface area contributed by atoms with Crippen LogP contribution in [0.2, 0.25) is 5.04 Å². The summed E-state index contributed by atoms with van der Waals surface area (Å²) in [7, 11) is -5.91. The van der Waals surface area contributed by atoms with E-state index in [0.29, 0.717) is 12.5 Å². The molecule has 6 heteroatoms. The molecule has 2 aromatic rings. The van der Waals surface area contributed by atoms with E-state index >= 15 is 0 Å². The normalized spacial score (nSPS) is 20.8. The molecular weight excluding hydrogens is 412 g/mol. The van der Waals surface area contributed by atoms with Gasteiger partial charge in [-0.1, -0.05) is 81.4 Å². The molecule has 30 heavy (non-hydrogen) atoms. The topological polar surface area (TPSA) is 52.6 Å². The van der Waals surface area contributed by atoms with Gasteiger partial charge in [0.05, 0.1) is 12.4 Å². The zero-order valence-corrected chi connectivity index (χ0v) is 20.3. The molecule has 1 saturated carbocycles. The molecule has 1 aliphatic rings. The van der Waals surface area contributed by atoms with E-state index in [9.17, 15) is 8.42 Å². The molecule has 0 amide bonds. The first-order valence-corrected chi connectivity index (χ1v) is 14.5. The van der Waals surface area contributed by atoms with E-state index in [1.165, 1.54) is 10.4 Å². The van der Waals surface area contributed by atoms with Gasteiger partial charge in [0, 0.05) is 6.61 Å². The van der Waals surface area contributed by atoms with Crippen molar-refractivity contribution in [1.29, 1.82) is 0 Å². The number of benzene rings is 2. The van der Waals surface area contributed by atoms with Crippen LogP contribution >= 0.6 is 0 Å². The second kappa shape index (κ2) is 9.35. The fourth-order valence-corrected chi connectivity index (χ4v) is 9.97. The molecule has 0 aromatic heterocycles. The summed E-state index contributed by atoms with van der Waals surface area (Å²) in [5.74, 6) is 0.422. The number of hydrogen-bond donors (Lipinski definition) is 0. The van der Waals surface area contributed by atoms with Crippen molar-refractivity contribution in [2.45, 2.75) is 57.6 Å². The summed E-state index contributed by atoms with van der Waals surface area (Å²) in [4.78, 5) is 0. The first kappa shape index (κ1) is 23.2. The largest absolute Gasteiger partial charge is 0.407 e.